The molecule has 0 aliphatic heterocycles. The highest BCUT2D eigenvalue weighted by atomic mass is 19.4. The van der Waals surface area contributed by atoms with Crippen molar-refractivity contribution in [2.24, 2.45) is 0 Å². The van der Waals surface area contributed by atoms with Crippen molar-refractivity contribution < 1.29 is 31.5 Å². The minimum Gasteiger partial charge on any atom is -0.479 e. The molecule has 2 N–H and O–H groups in total. The summed E-state index contributed by atoms with van der Waals surface area (Å²) >= 11 is 0. The van der Waals surface area contributed by atoms with E-state index in [0.717, 1.165) is 30.5 Å². The Hall–Kier alpha value is -3.70. The number of nitrogens with one attached hydrogen (secondary N) is 2. The second-order valence-electron chi connectivity index (χ2n) is 5.99. The third kappa shape index (κ3) is 5.01. The number of carbonyl (C=O) groups is 1. The zero-order valence-corrected chi connectivity index (χ0v) is 15.3. The molecule has 0 saturated heterocycles. The van der Waals surface area contributed by atoms with Gasteiger partial charge in [-0.1, -0.05) is 0 Å². The molecule has 3 rings (SSSR count). The molecule has 30 heavy (non-hydrogen) atoms. The first-order valence-electron chi connectivity index (χ1n) is 8.32. The van der Waals surface area contributed by atoms with E-state index in [4.69, 9.17) is 0 Å². The highest BCUT2D eigenvalue weighted by Crippen LogP contribution is 2.24. The lowest BCUT2D eigenvalue weighted by Gasteiger charge is -2.12. The molecule has 1 amide bonds. The third-order valence-electron chi connectivity index (χ3n) is 3.80. The summed E-state index contributed by atoms with van der Waals surface area (Å²) in [5, 5.41) is 3.81. The second kappa shape index (κ2) is 8.35. The Bertz CT molecular complexity index is 1050. The van der Waals surface area contributed by atoms with Crippen LogP contribution in [-0.2, 0) is 6.54 Å². The molecular formula is C18H14F5N5O2. The third-order valence-corrected chi connectivity index (χ3v) is 3.80. The average molecular weight is 427 g/mol. The number of rotatable bonds is 6. The summed E-state index contributed by atoms with van der Waals surface area (Å²) in [4.78, 5) is 16.1. The standard InChI is InChI=1S/C18H14F5N5O2/c1-30-17-13(20)6-12(8-24-17)25-26-16(29)15-7-14(10-2-4-11(19)5-3-10)27-28(15)9-18(21,22)23/h2-8,25H,9H2,1H3,(H,26,29). The lowest BCUT2D eigenvalue weighted by atomic mass is 10.1. The maximum Gasteiger partial charge on any atom is 0.408 e. The smallest absolute Gasteiger partial charge is 0.408 e. The van der Waals surface area contributed by atoms with Gasteiger partial charge in [0.15, 0.2) is 5.82 Å². The maximum atomic E-state index is 13.7. The van der Waals surface area contributed by atoms with Crippen LogP contribution in [0.15, 0.2) is 42.6 Å². The normalized spacial score (nSPS) is 11.3. The number of carbonyl (C=O) groups excluding carboxylic acids is 1. The molecule has 0 aliphatic rings. The number of nitrogens with zero attached hydrogens (tertiary/aromatic N) is 3. The van der Waals surface area contributed by atoms with E-state index in [0.29, 0.717) is 10.2 Å². The van der Waals surface area contributed by atoms with Crippen LogP contribution in [0.1, 0.15) is 10.5 Å². The SMILES string of the molecule is COc1ncc(NNC(=O)c2cc(-c3ccc(F)cc3)nn2CC(F)(F)F)cc1F. The van der Waals surface area contributed by atoms with Gasteiger partial charge in [-0.3, -0.25) is 20.3 Å². The van der Waals surface area contributed by atoms with Gasteiger partial charge in [-0.15, -0.1) is 0 Å². The second-order valence-corrected chi connectivity index (χ2v) is 5.99. The van der Waals surface area contributed by atoms with E-state index in [9.17, 15) is 26.7 Å². The predicted molar refractivity (Wildman–Crippen MR) is 95.5 cm³/mol. The molecule has 0 fully saturated rings. The molecule has 0 unspecified atom stereocenters. The number of hydrazine groups is 1. The van der Waals surface area contributed by atoms with Crippen LogP contribution in [0, 0.1) is 11.6 Å². The number of benzene rings is 1. The van der Waals surface area contributed by atoms with Crippen LogP contribution in [0.25, 0.3) is 11.3 Å². The van der Waals surface area contributed by atoms with Crippen LogP contribution in [0.5, 0.6) is 5.88 Å². The number of ether oxygens (including phenoxy) is 1. The molecule has 158 valence electrons. The topological polar surface area (TPSA) is 81.1 Å². The highest BCUT2D eigenvalue weighted by molar-refractivity contribution is 5.94. The maximum absolute atomic E-state index is 13.7. The van der Waals surface area contributed by atoms with Crippen molar-refractivity contribution in [1.29, 1.82) is 0 Å². The van der Waals surface area contributed by atoms with Gasteiger partial charge in [-0.25, -0.2) is 13.8 Å². The molecule has 0 aliphatic carbocycles. The monoisotopic (exact) mass is 427 g/mol. The Labute approximate surface area is 166 Å². The van der Waals surface area contributed by atoms with Gasteiger partial charge in [-0.05, 0) is 30.3 Å². The molecule has 7 nitrogen and oxygen atoms in total. The summed E-state index contributed by atoms with van der Waals surface area (Å²) in [5.41, 5.74) is 4.48. The van der Waals surface area contributed by atoms with Gasteiger partial charge in [0.25, 0.3) is 5.91 Å². The Morgan fingerprint density at radius 3 is 2.47 bits per heavy atom. The van der Waals surface area contributed by atoms with Crippen LogP contribution in [0.3, 0.4) is 0 Å². The van der Waals surface area contributed by atoms with Crippen molar-refractivity contribution in [2.45, 2.75) is 12.7 Å². The Kier molecular flexibility index (Phi) is 5.85. The van der Waals surface area contributed by atoms with Gasteiger partial charge in [0.2, 0.25) is 5.88 Å². The van der Waals surface area contributed by atoms with E-state index in [1.807, 2.05) is 0 Å². The summed E-state index contributed by atoms with van der Waals surface area (Å²) in [6.45, 7) is -1.52. The summed E-state index contributed by atoms with van der Waals surface area (Å²) < 4.78 is 70.6. The molecule has 2 heterocycles. The number of hydrogen-bond acceptors (Lipinski definition) is 5. The van der Waals surface area contributed by atoms with E-state index in [-0.39, 0.29) is 17.3 Å². The van der Waals surface area contributed by atoms with Gasteiger partial charge in [0.1, 0.15) is 18.1 Å². The van der Waals surface area contributed by atoms with Crippen LogP contribution in [0.2, 0.25) is 0 Å². The van der Waals surface area contributed by atoms with Crippen molar-refractivity contribution in [1.82, 2.24) is 20.2 Å². The quantitative estimate of drug-likeness (QED) is 0.465. The molecule has 3 aromatic rings. The van der Waals surface area contributed by atoms with Crippen LogP contribution < -0.4 is 15.6 Å². The minimum atomic E-state index is -4.64. The lowest BCUT2D eigenvalue weighted by molar-refractivity contribution is -0.142. The Morgan fingerprint density at radius 1 is 1.17 bits per heavy atom. The molecule has 12 heteroatoms. The van der Waals surface area contributed by atoms with Gasteiger partial charge < -0.3 is 4.74 Å². The Balaban J connectivity index is 1.84. The number of pyridine rings is 1. The molecule has 0 atom stereocenters. The first-order valence-corrected chi connectivity index (χ1v) is 8.32. The molecule has 2 aromatic heterocycles. The lowest BCUT2D eigenvalue weighted by Crippen LogP contribution is -2.32. The van der Waals surface area contributed by atoms with Gasteiger partial charge in [-0.2, -0.15) is 18.3 Å². The van der Waals surface area contributed by atoms with E-state index >= 15 is 0 Å². The number of aromatic nitrogens is 3. The molecule has 0 radical (unpaired) electrons. The summed E-state index contributed by atoms with van der Waals surface area (Å²) in [7, 11) is 1.22. The number of methoxy groups -OCH3 is 1. The fourth-order valence-electron chi connectivity index (χ4n) is 2.49. The number of alkyl halides is 3. The number of halogens is 5. The largest absolute Gasteiger partial charge is 0.479 e. The van der Waals surface area contributed by atoms with Gasteiger partial charge in [0.05, 0.1) is 24.7 Å². The fraction of sp³-hybridized carbons (Fsp3) is 0.167. The average Bonchev–Trinajstić information content (AvgIpc) is 3.08. The van der Waals surface area contributed by atoms with E-state index in [1.54, 1.807) is 0 Å². The summed E-state index contributed by atoms with van der Waals surface area (Å²) in [6.07, 6.45) is -3.49. The van der Waals surface area contributed by atoms with Crippen molar-refractivity contribution in [2.75, 3.05) is 12.5 Å². The first-order chi connectivity index (χ1) is 14.2. The minimum absolute atomic E-state index is 0.0299. The molecule has 0 spiro atoms. The number of hydrogen-bond donors (Lipinski definition) is 2. The number of amides is 1. The van der Waals surface area contributed by atoms with Crippen LogP contribution in [0.4, 0.5) is 27.6 Å². The number of anilines is 1. The zero-order valence-electron chi connectivity index (χ0n) is 15.3. The zero-order chi connectivity index (χ0) is 21.9. The van der Waals surface area contributed by atoms with Crippen LogP contribution >= 0.6 is 0 Å². The van der Waals surface area contributed by atoms with Gasteiger partial charge in [0, 0.05) is 11.6 Å². The molecular weight excluding hydrogens is 413 g/mol. The predicted octanol–water partition coefficient (Wildman–Crippen LogP) is 3.55. The van der Waals surface area contributed by atoms with Gasteiger partial charge >= 0.3 is 6.18 Å². The Morgan fingerprint density at radius 2 is 1.87 bits per heavy atom. The van der Waals surface area contributed by atoms with Crippen molar-refractivity contribution in [3.05, 3.63) is 59.9 Å². The van der Waals surface area contributed by atoms with Crippen molar-refractivity contribution >= 4 is 11.6 Å². The van der Waals surface area contributed by atoms with Crippen molar-refractivity contribution in [3.63, 3.8) is 0 Å². The van der Waals surface area contributed by atoms with E-state index in [2.05, 4.69) is 25.7 Å². The summed E-state index contributed by atoms with van der Waals surface area (Å²) in [5.74, 6) is -2.57. The molecule has 0 bridgehead atoms. The van der Waals surface area contributed by atoms with Crippen LogP contribution in [-0.4, -0.2) is 34.0 Å². The van der Waals surface area contributed by atoms with Crippen molar-refractivity contribution in [3.8, 4) is 17.1 Å². The first kappa shape index (κ1) is 21.0. The highest BCUT2D eigenvalue weighted by Gasteiger charge is 2.31. The molecule has 1 aromatic carbocycles. The van der Waals surface area contributed by atoms with E-state index in [1.165, 1.54) is 19.2 Å². The van der Waals surface area contributed by atoms with E-state index < -0.39 is 36.0 Å². The summed E-state index contributed by atoms with van der Waals surface area (Å²) in [6, 6.07) is 6.98. The fourth-order valence-corrected chi connectivity index (χ4v) is 2.49. The molecule has 0 saturated carbocycles.